The van der Waals surface area contributed by atoms with Gasteiger partial charge in [-0.05, 0) is 55.8 Å². The summed E-state index contributed by atoms with van der Waals surface area (Å²) in [7, 11) is 0. The van der Waals surface area contributed by atoms with Crippen molar-refractivity contribution in [2.75, 3.05) is 31.1 Å². The third kappa shape index (κ3) is 5.65. The number of pyridine rings is 1. The van der Waals surface area contributed by atoms with Gasteiger partial charge in [-0.3, -0.25) is 4.90 Å². The molecule has 0 amide bonds. The van der Waals surface area contributed by atoms with Crippen molar-refractivity contribution in [2.45, 2.75) is 26.5 Å². The van der Waals surface area contributed by atoms with Gasteiger partial charge in [-0.1, -0.05) is 30.3 Å². The molecule has 1 aromatic heterocycles. The van der Waals surface area contributed by atoms with E-state index in [9.17, 15) is 4.79 Å². The lowest BCUT2D eigenvalue weighted by Crippen LogP contribution is -2.46. The molecule has 2 aromatic carbocycles. The summed E-state index contributed by atoms with van der Waals surface area (Å²) in [5.74, 6) is 2.06. The fourth-order valence-corrected chi connectivity index (χ4v) is 3.79. The molecule has 0 unspecified atom stereocenters. The molecule has 0 aliphatic carbocycles. The second-order valence-corrected chi connectivity index (χ2v) is 8.15. The molecule has 6 heteroatoms. The van der Waals surface area contributed by atoms with Crippen LogP contribution < -0.4 is 9.64 Å². The van der Waals surface area contributed by atoms with E-state index in [2.05, 4.69) is 26.9 Å². The summed E-state index contributed by atoms with van der Waals surface area (Å²) in [5.41, 5.74) is 1.74. The number of carbonyl (C=O) groups excluding carboxylic acids is 1. The van der Waals surface area contributed by atoms with Crippen LogP contribution in [0, 0.1) is 0 Å². The zero-order valence-electron chi connectivity index (χ0n) is 18.6. The summed E-state index contributed by atoms with van der Waals surface area (Å²) < 4.78 is 11.4. The number of para-hydroxylation sites is 1. The number of esters is 1. The summed E-state index contributed by atoms with van der Waals surface area (Å²) >= 11 is 0. The summed E-state index contributed by atoms with van der Waals surface area (Å²) in [4.78, 5) is 21.5. The van der Waals surface area contributed by atoms with Crippen LogP contribution >= 0.6 is 0 Å². The van der Waals surface area contributed by atoms with Gasteiger partial charge in [0.25, 0.3) is 0 Å². The van der Waals surface area contributed by atoms with E-state index in [-0.39, 0.29) is 12.1 Å². The lowest BCUT2D eigenvalue weighted by atomic mass is 10.1. The van der Waals surface area contributed by atoms with E-state index in [1.54, 1.807) is 18.3 Å². The largest absolute Gasteiger partial charge is 0.459 e. The SMILES string of the molecule is CC(C)OC(=O)c1cccnc1N1CCN(Cc2cccc(Oc3ccccc3)c2)CC1. The predicted octanol–water partition coefficient (Wildman–Crippen LogP) is 4.76. The van der Waals surface area contributed by atoms with Gasteiger partial charge in [-0.15, -0.1) is 0 Å². The Morgan fingerprint density at radius 3 is 2.44 bits per heavy atom. The van der Waals surface area contributed by atoms with E-state index in [1.807, 2.05) is 56.3 Å². The lowest BCUT2D eigenvalue weighted by molar-refractivity contribution is 0.0378. The van der Waals surface area contributed by atoms with Crippen LogP contribution in [0.3, 0.4) is 0 Å². The number of anilines is 1. The van der Waals surface area contributed by atoms with Crippen molar-refractivity contribution < 1.29 is 14.3 Å². The third-order valence-electron chi connectivity index (χ3n) is 5.30. The van der Waals surface area contributed by atoms with Crippen LogP contribution in [-0.2, 0) is 11.3 Å². The minimum Gasteiger partial charge on any atom is -0.459 e. The Balaban J connectivity index is 1.36. The molecular weight excluding hydrogens is 402 g/mol. The minimum absolute atomic E-state index is 0.158. The van der Waals surface area contributed by atoms with Gasteiger partial charge in [0.15, 0.2) is 0 Å². The number of piperazine rings is 1. The number of benzene rings is 2. The van der Waals surface area contributed by atoms with Gasteiger partial charge in [-0.2, -0.15) is 0 Å². The molecule has 4 rings (SSSR count). The number of aromatic nitrogens is 1. The summed E-state index contributed by atoms with van der Waals surface area (Å²) in [6.45, 7) is 7.94. The van der Waals surface area contributed by atoms with Crippen LogP contribution in [0.5, 0.6) is 11.5 Å². The lowest BCUT2D eigenvalue weighted by Gasteiger charge is -2.36. The second kappa shape index (κ2) is 10.3. The Hall–Kier alpha value is -3.38. The summed E-state index contributed by atoms with van der Waals surface area (Å²) in [6.07, 6.45) is 1.57. The minimum atomic E-state index is -0.319. The van der Waals surface area contributed by atoms with Crippen LogP contribution in [0.25, 0.3) is 0 Å². The summed E-state index contributed by atoms with van der Waals surface area (Å²) in [6, 6.07) is 21.6. The molecule has 0 radical (unpaired) electrons. The smallest absolute Gasteiger partial charge is 0.342 e. The zero-order valence-corrected chi connectivity index (χ0v) is 18.6. The van der Waals surface area contributed by atoms with Crippen molar-refractivity contribution in [3.8, 4) is 11.5 Å². The van der Waals surface area contributed by atoms with Crippen molar-refractivity contribution in [3.63, 3.8) is 0 Å². The van der Waals surface area contributed by atoms with Crippen LogP contribution in [-0.4, -0.2) is 48.1 Å². The van der Waals surface area contributed by atoms with Gasteiger partial charge < -0.3 is 14.4 Å². The van der Waals surface area contributed by atoms with E-state index < -0.39 is 0 Å². The molecule has 0 spiro atoms. The van der Waals surface area contributed by atoms with Crippen LogP contribution in [0.2, 0.25) is 0 Å². The van der Waals surface area contributed by atoms with Crippen LogP contribution in [0.15, 0.2) is 72.9 Å². The second-order valence-electron chi connectivity index (χ2n) is 8.15. The topological polar surface area (TPSA) is 54.9 Å². The van der Waals surface area contributed by atoms with Crippen LogP contribution in [0.1, 0.15) is 29.8 Å². The highest BCUT2D eigenvalue weighted by atomic mass is 16.5. The fourth-order valence-electron chi connectivity index (χ4n) is 3.79. The average Bonchev–Trinajstić information content (AvgIpc) is 2.80. The van der Waals surface area contributed by atoms with E-state index in [1.165, 1.54) is 5.56 Å². The molecule has 166 valence electrons. The van der Waals surface area contributed by atoms with E-state index in [4.69, 9.17) is 9.47 Å². The molecule has 2 heterocycles. The van der Waals surface area contributed by atoms with Gasteiger partial charge >= 0.3 is 5.97 Å². The van der Waals surface area contributed by atoms with Crippen LogP contribution in [0.4, 0.5) is 5.82 Å². The number of rotatable bonds is 7. The van der Waals surface area contributed by atoms with Gasteiger partial charge in [-0.25, -0.2) is 9.78 Å². The zero-order chi connectivity index (χ0) is 22.3. The first-order chi connectivity index (χ1) is 15.6. The summed E-state index contributed by atoms with van der Waals surface area (Å²) in [5, 5.41) is 0. The number of carbonyl (C=O) groups is 1. The van der Waals surface area contributed by atoms with Gasteiger partial charge in [0, 0.05) is 38.9 Å². The van der Waals surface area contributed by atoms with Gasteiger partial charge in [0.2, 0.25) is 0 Å². The maximum atomic E-state index is 12.5. The first-order valence-corrected chi connectivity index (χ1v) is 11.0. The molecule has 0 bridgehead atoms. The number of hydrogen-bond acceptors (Lipinski definition) is 6. The standard InChI is InChI=1S/C26H29N3O3/c1-20(2)31-26(30)24-12-7-13-27-25(24)29-16-14-28(15-17-29)19-21-8-6-11-23(18-21)32-22-9-4-3-5-10-22/h3-13,18,20H,14-17,19H2,1-2H3. The van der Waals surface area contributed by atoms with Crippen molar-refractivity contribution in [1.82, 2.24) is 9.88 Å². The van der Waals surface area contributed by atoms with Crippen molar-refractivity contribution in [3.05, 3.63) is 84.1 Å². The molecule has 0 atom stereocenters. The maximum absolute atomic E-state index is 12.5. The van der Waals surface area contributed by atoms with Gasteiger partial charge in [0.05, 0.1) is 6.10 Å². The molecule has 1 aliphatic rings. The average molecular weight is 432 g/mol. The molecule has 1 fully saturated rings. The quantitative estimate of drug-likeness (QED) is 0.503. The molecule has 1 aliphatic heterocycles. The molecule has 3 aromatic rings. The molecular formula is C26H29N3O3. The highest BCUT2D eigenvalue weighted by Gasteiger charge is 2.23. The van der Waals surface area contributed by atoms with E-state index >= 15 is 0 Å². The monoisotopic (exact) mass is 431 g/mol. The van der Waals surface area contributed by atoms with Crippen molar-refractivity contribution >= 4 is 11.8 Å². The van der Waals surface area contributed by atoms with Gasteiger partial charge in [0.1, 0.15) is 22.9 Å². The Labute approximate surface area is 189 Å². The first kappa shape index (κ1) is 21.8. The highest BCUT2D eigenvalue weighted by molar-refractivity contribution is 5.94. The molecule has 1 saturated heterocycles. The molecule has 6 nitrogen and oxygen atoms in total. The molecule has 32 heavy (non-hydrogen) atoms. The van der Waals surface area contributed by atoms with E-state index in [0.717, 1.165) is 44.2 Å². The Morgan fingerprint density at radius 1 is 0.938 bits per heavy atom. The van der Waals surface area contributed by atoms with Crippen molar-refractivity contribution in [2.24, 2.45) is 0 Å². The number of nitrogens with zero attached hydrogens (tertiary/aromatic N) is 3. The maximum Gasteiger partial charge on any atom is 0.342 e. The van der Waals surface area contributed by atoms with E-state index in [0.29, 0.717) is 11.4 Å². The van der Waals surface area contributed by atoms with Crippen molar-refractivity contribution in [1.29, 1.82) is 0 Å². The third-order valence-corrected chi connectivity index (χ3v) is 5.30. The first-order valence-electron chi connectivity index (χ1n) is 11.0. The fraction of sp³-hybridized carbons (Fsp3) is 0.308. The number of ether oxygens (including phenoxy) is 2. The highest BCUT2D eigenvalue weighted by Crippen LogP contribution is 2.24. The molecule has 0 N–H and O–H groups in total. The Morgan fingerprint density at radius 2 is 1.69 bits per heavy atom. The molecule has 0 saturated carbocycles. The normalized spacial score (nSPS) is 14.4. The Kier molecular flexibility index (Phi) is 7.02. The predicted molar refractivity (Wildman–Crippen MR) is 125 cm³/mol. The Bertz CT molecular complexity index is 1030. The number of hydrogen-bond donors (Lipinski definition) is 0.